The van der Waals surface area contributed by atoms with Gasteiger partial charge in [-0.1, -0.05) is 28.1 Å². The normalized spacial score (nSPS) is 15.2. The zero-order valence-corrected chi connectivity index (χ0v) is 18.1. The largest absolute Gasteiger partial charge is 0.457 e. The number of amides is 4. The number of benzene rings is 2. The van der Waals surface area contributed by atoms with Gasteiger partial charge in [0.05, 0.1) is 10.6 Å². The summed E-state index contributed by atoms with van der Waals surface area (Å²) in [6, 6.07) is 13.3. The molecule has 0 aliphatic carbocycles. The third kappa shape index (κ3) is 3.95. The van der Waals surface area contributed by atoms with Gasteiger partial charge in [-0.25, -0.2) is 9.69 Å². The van der Waals surface area contributed by atoms with Gasteiger partial charge in [-0.3, -0.25) is 25.0 Å². The molecule has 1 aliphatic heterocycles. The van der Waals surface area contributed by atoms with Crippen LogP contribution in [0.5, 0.6) is 0 Å². The number of imide groups is 2. The van der Waals surface area contributed by atoms with Crippen molar-refractivity contribution in [1.82, 2.24) is 5.32 Å². The fourth-order valence-corrected chi connectivity index (χ4v) is 3.43. The van der Waals surface area contributed by atoms with E-state index >= 15 is 0 Å². The molecule has 9 nitrogen and oxygen atoms in total. The van der Waals surface area contributed by atoms with E-state index in [4.69, 9.17) is 4.42 Å². The Morgan fingerprint density at radius 1 is 1.06 bits per heavy atom. The van der Waals surface area contributed by atoms with Crippen molar-refractivity contribution in [3.8, 4) is 11.3 Å². The molecule has 10 heteroatoms. The van der Waals surface area contributed by atoms with Gasteiger partial charge in [0.1, 0.15) is 17.1 Å². The van der Waals surface area contributed by atoms with Crippen LogP contribution in [0.2, 0.25) is 0 Å². The Labute approximate surface area is 189 Å². The van der Waals surface area contributed by atoms with E-state index in [9.17, 15) is 24.5 Å². The summed E-state index contributed by atoms with van der Waals surface area (Å²) in [7, 11) is 0. The van der Waals surface area contributed by atoms with Gasteiger partial charge in [-0.05, 0) is 49.4 Å². The maximum absolute atomic E-state index is 12.9. The molecular formula is C22H14BrN3O6. The van der Waals surface area contributed by atoms with Crippen molar-refractivity contribution in [3.05, 3.63) is 86.1 Å². The Hall–Kier alpha value is -4.05. The zero-order chi connectivity index (χ0) is 23.0. The Kier molecular flexibility index (Phi) is 5.45. The van der Waals surface area contributed by atoms with Crippen molar-refractivity contribution in [2.45, 2.75) is 6.92 Å². The van der Waals surface area contributed by atoms with Gasteiger partial charge in [0.15, 0.2) is 0 Å². The lowest BCUT2D eigenvalue weighted by Crippen LogP contribution is -2.54. The minimum Gasteiger partial charge on any atom is -0.457 e. The fraction of sp³-hybridized carbons (Fsp3) is 0.0455. The maximum Gasteiger partial charge on any atom is 0.335 e. The van der Waals surface area contributed by atoms with Gasteiger partial charge in [0.25, 0.3) is 17.5 Å². The first-order valence-corrected chi connectivity index (χ1v) is 10.1. The van der Waals surface area contributed by atoms with Crippen LogP contribution in [0.1, 0.15) is 11.3 Å². The molecule has 32 heavy (non-hydrogen) atoms. The number of carbonyl (C=O) groups is 3. The molecule has 0 radical (unpaired) electrons. The predicted octanol–water partition coefficient (Wildman–Crippen LogP) is 4.59. The number of hydrogen-bond acceptors (Lipinski definition) is 6. The number of furan rings is 1. The summed E-state index contributed by atoms with van der Waals surface area (Å²) in [6.07, 6.45) is 1.22. The Balaban J connectivity index is 1.67. The van der Waals surface area contributed by atoms with Gasteiger partial charge < -0.3 is 4.42 Å². The van der Waals surface area contributed by atoms with E-state index in [1.54, 1.807) is 49.4 Å². The van der Waals surface area contributed by atoms with Crippen molar-refractivity contribution in [1.29, 1.82) is 0 Å². The Morgan fingerprint density at radius 2 is 1.78 bits per heavy atom. The summed E-state index contributed by atoms with van der Waals surface area (Å²) in [5.41, 5.74) is 0.932. The van der Waals surface area contributed by atoms with E-state index in [0.717, 1.165) is 9.37 Å². The Morgan fingerprint density at radius 3 is 2.47 bits per heavy atom. The quantitative estimate of drug-likeness (QED) is 0.244. The summed E-state index contributed by atoms with van der Waals surface area (Å²) < 4.78 is 6.45. The third-order valence-electron chi connectivity index (χ3n) is 4.79. The van der Waals surface area contributed by atoms with E-state index in [2.05, 4.69) is 21.2 Å². The molecule has 0 spiro atoms. The second-order valence-corrected chi connectivity index (χ2v) is 7.81. The first-order valence-electron chi connectivity index (χ1n) is 9.27. The standard InChI is InChI=1S/C22H14BrN3O6/c1-12-2-3-13(10-18(12)26(30)31)19-9-8-16(32-19)11-17-20(27)24-22(29)25(21(17)28)15-6-4-14(23)5-7-15/h2-11H,1H3,(H,24,27,29)/b17-11+. The van der Waals surface area contributed by atoms with E-state index in [0.29, 0.717) is 22.6 Å². The number of urea groups is 1. The number of hydrogen-bond donors (Lipinski definition) is 1. The fourth-order valence-electron chi connectivity index (χ4n) is 3.17. The number of nitro benzene ring substituents is 1. The molecule has 3 aromatic rings. The van der Waals surface area contributed by atoms with E-state index in [1.165, 1.54) is 18.2 Å². The van der Waals surface area contributed by atoms with Crippen molar-refractivity contribution < 1.29 is 23.7 Å². The molecule has 0 unspecified atom stereocenters. The number of anilines is 1. The lowest BCUT2D eigenvalue weighted by atomic mass is 10.1. The number of aryl methyl sites for hydroxylation is 1. The van der Waals surface area contributed by atoms with E-state index < -0.39 is 22.8 Å². The van der Waals surface area contributed by atoms with Crippen LogP contribution >= 0.6 is 15.9 Å². The topological polar surface area (TPSA) is 123 Å². The lowest BCUT2D eigenvalue weighted by Gasteiger charge is -2.26. The molecule has 0 bridgehead atoms. The summed E-state index contributed by atoms with van der Waals surface area (Å²) in [4.78, 5) is 49.0. The average molecular weight is 496 g/mol. The van der Waals surface area contributed by atoms with Crippen LogP contribution in [0.25, 0.3) is 17.4 Å². The molecule has 0 atom stereocenters. The molecule has 4 rings (SSSR count). The smallest absolute Gasteiger partial charge is 0.335 e. The van der Waals surface area contributed by atoms with Gasteiger partial charge in [0, 0.05) is 21.7 Å². The molecule has 2 heterocycles. The highest BCUT2D eigenvalue weighted by molar-refractivity contribution is 9.10. The minimum atomic E-state index is -0.855. The highest BCUT2D eigenvalue weighted by atomic mass is 79.9. The molecule has 1 N–H and O–H groups in total. The SMILES string of the molecule is Cc1ccc(-c2ccc(/C=C3\C(=O)NC(=O)N(c4ccc(Br)cc4)C3=O)o2)cc1[N+](=O)[O-]. The average Bonchev–Trinajstić information content (AvgIpc) is 3.21. The maximum atomic E-state index is 12.9. The van der Waals surface area contributed by atoms with Crippen LogP contribution in [-0.2, 0) is 9.59 Å². The van der Waals surface area contributed by atoms with Crippen LogP contribution in [0.4, 0.5) is 16.2 Å². The van der Waals surface area contributed by atoms with Gasteiger partial charge in [-0.2, -0.15) is 0 Å². The van der Waals surface area contributed by atoms with Gasteiger partial charge >= 0.3 is 6.03 Å². The second kappa shape index (κ2) is 8.23. The summed E-state index contributed by atoms with van der Waals surface area (Å²) in [5, 5.41) is 13.3. The van der Waals surface area contributed by atoms with E-state index in [1.807, 2.05) is 0 Å². The number of carbonyl (C=O) groups excluding carboxylic acids is 3. The van der Waals surface area contributed by atoms with E-state index in [-0.39, 0.29) is 17.0 Å². The van der Waals surface area contributed by atoms with Gasteiger partial charge in [-0.15, -0.1) is 0 Å². The number of nitrogens with zero attached hydrogens (tertiary/aromatic N) is 2. The monoisotopic (exact) mass is 495 g/mol. The number of rotatable bonds is 4. The molecule has 1 aliphatic rings. The molecule has 1 saturated heterocycles. The first-order chi connectivity index (χ1) is 15.2. The second-order valence-electron chi connectivity index (χ2n) is 6.89. The summed E-state index contributed by atoms with van der Waals surface area (Å²) in [5.74, 6) is -1.15. The molecule has 160 valence electrons. The number of nitro groups is 1. The van der Waals surface area contributed by atoms with Crippen LogP contribution in [0.15, 0.2) is 69.1 Å². The van der Waals surface area contributed by atoms with Crippen LogP contribution < -0.4 is 10.2 Å². The zero-order valence-electron chi connectivity index (χ0n) is 16.5. The number of halogens is 1. The molecular weight excluding hydrogens is 482 g/mol. The van der Waals surface area contributed by atoms with Crippen molar-refractivity contribution in [2.75, 3.05) is 4.90 Å². The number of barbiturate groups is 1. The third-order valence-corrected chi connectivity index (χ3v) is 5.32. The molecule has 2 aromatic carbocycles. The first kappa shape index (κ1) is 21.2. The predicted molar refractivity (Wildman–Crippen MR) is 119 cm³/mol. The molecule has 1 fully saturated rings. The molecule has 0 saturated carbocycles. The minimum absolute atomic E-state index is 0.0516. The van der Waals surface area contributed by atoms with Crippen LogP contribution in [0, 0.1) is 17.0 Å². The van der Waals surface area contributed by atoms with Crippen molar-refractivity contribution in [3.63, 3.8) is 0 Å². The lowest BCUT2D eigenvalue weighted by molar-refractivity contribution is -0.385. The Bertz CT molecular complexity index is 1310. The molecule has 1 aromatic heterocycles. The van der Waals surface area contributed by atoms with Crippen LogP contribution in [0.3, 0.4) is 0 Å². The highest BCUT2D eigenvalue weighted by Crippen LogP contribution is 2.29. The van der Waals surface area contributed by atoms with Gasteiger partial charge in [0.2, 0.25) is 0 Å². The summed E-state index contributed by atoms with van der Waals surface area (Å²) in [6.45, 7) is 1.63. The van der Waals surface area contributed by atoms with Crippen molar-refractivity contribution in [2.24, 2.45) is 0 Å². The highest BCUT2D eigenvalue weighted by Gasteiger charge is 2.37. The van der Waals surface area contributed by atoms with Crippen LogP contribution in [-0.4, -0.2) is 22.8 Å². The summed E-state index contributed by atoms with van der Waals surface area (Å²) >= 11 is 3.28. The molecule has 4 amide bonds. The number of nitrogens with one attached hydrogen (secondary N) is 1. The van der Waals surface area contributed by atoms with Crippen molar-refractivity contribution >= 4 is 51.2 Å².